The van der Waals surface area contributed by atoms with E-state index in [9.17, 15) is 4.79 Å². The number of rotatable bonds is 1. The highest BCUT2D eigenvalue weighted by molar-refractivity contribution is 8.13. The first-order valence-corrected chi connectivity index (χ1v) is 6.28. The van der Waals surface area contributed by atoms with E-state index in [1.165, 1.54) is 28.1 Å². The second-order valence-electron chi connectivity index (χ2n) is 4.22. The molecule has 0 atom stereocenters. The van der Waals surface area contributed by atoms with Crippen LogP contribution in [0.2, 0.25) is 0 Å². The smallest absolute Gasteiger partial charge is 0.285 e. The Morgan fingerprint density at radius 1 is 1.18 bits per heavy atom. The van der Waals surface area contributed by atoms with Crippen LogP contribution in [0.15, 0.2) is 41.3 Å². The summed E-state index contributed by atoms with van der Waals surface area (Å²) in [6.07, 6.45) is 0. The molecule has 2 aromatic rings. The number of carbonyl (C=O) groups is 1. The van der Waals surface area contributed by atoms with E-state index in [-0.39, 0.29) is 5.24 Å². The molecule has 0 spiro atoms. The summed E-state index contributed by atoms with van der Waals surface area (Å²) < 4.78 is 0. The van der Waals surface area contributed by atoms with Crippen molar-refractivity contribution < 1.29 is 4.79 Å². The van der Waals surface area contributed by atoms with E-state index in [2.05, 4.69) is 31.2 Å². The molecule has 0 aliphatic rings. The molecule has 2 aromatic carbocycles. The molecule has 0 unspecified atom stereocenters. The van der Waals surface area contributed by atoms with Crippen LogP contribution in [0.25, 0.3) is 10.8 Å². The van der Waals surface area contributed by atoms with Crippen molar-refractivity contribution in [3.8, 4) is 0 Å². The average Bonchev–Trinajstić information content (AvgIpc) is 2.29. The molecule has 0 aliphatic carbocycles. The van der Waals surface area contributed by atoms with Crippen LogP contribution in [0.3, 0.4) is 0 Å². The lowest BCUT2D eigenvalue weighted by Gasteiger charge is -2.10. The Bertz CT molecular complexity index is 563. The summed E-state index contributed by atoms with van der Waals surface area (Å²) in [5.74, 6) is 0. The van der Waals surface area contributed by atoms with Crippen LogP contribution in [-0.4, -0.2) is 24.2 Å². The van der Waals surface area contributed by atoms with Gasteiger partial charge in [0, 0.05) is 19.0 Å². The maximum absolute atomic E-state index is 11.6. The molecule has 0 aliphatic heterocycles. The highest BCUT2D eigenvalue weighted by Gasteiger charge is 2.07. The van der Waals surface area contributed by atoms with Crippen molar-refractivity contribution >= 4 is 27.8 Å². The molecule has 0 aromatic heterocycles. The molecule has 17 heavy (non-hydrogen) atoms. The number of hydrogen-bond acceptors (Lipinski definition) is 2. The number of thioether (sulfide) groups is 1. The lowest BCUT2D eigenvalue weighted by atomic mass is 10.1. The van der Waals surface area contributed by atoms with Gasteiger partial charge in [-0.3, -0.25) is 4.79 Å². The van der Waals surface area contributed by atoms with Crippen molar-refractivity contribution in [2.24, 2.45) is 0 Å². The minimum absolute atomic E-state index is 0.0528. The normalized spacial score (nSPS) is 10.5. The summed E-state index contributed by atoms with van der Waals surface area (Å²) in [4.78, 5) is 14.2. The van der Waals surface area contributed by atoms with Crippen molar-refractivity contribution in [1.82, 2.24) is 4.90 Å². The van der Waals surface area contributed by atoms with Gasteiger partial charge >= 0.3 is 0 Å². The van der Waals surface area contributed by atoms with E-state index in [0.717, 1.165) is 4.90 Å². The zero-order valence-corrected chi connectivity index (χ0v) is 11.0. The van der Waals surface area contributed by atoms with Gasteiger partial charge in [0.2, 0.25) is 0 Å². The molecule has 88 valence electrons. The number of fused-ring (bicyclic) bond motifs is 1. The van der Waals surface area contributed by atoms with Gasteiger partial charge in [0.05, 0.1) is 0 Å². The van der Waals surface area contributed by atoms with E-state index in [4.69, 9.17) is 0 Å². The molecule has 0 radical (unpaired) electrons. The second kappa shape index (κ2) is 4.80. The molecular weight excluding hydrogens is 230 g/mol. The number of hydrogen-bond donors (Lipinski definition) is 0. The fourth-order valence-corrected chi connectivity index (χ4v) is 2.39. The molecular formula is C14H15NOS. The van der Waals surface area contributed by atoms with Gasteiger partial charge in [0.15, 0.2) is 0 Å². The second-order valence-corrected chi connectivity index (χ2v) is 5.25. The van der Waals surface area contributed by atoms with Crippen LogP contribution in [0.5, 0.6) is 0 Å². The van der Waals surface area contributed by atoms with Crippen LogP contribution in [0.1, 0.15) is 5.56 Å². The largest absolute Gasteiger partial charge is 0.339 e. The van der Waals surface area contributed by atoms with Gasteiger partial charge in [-0.15, -0.1) is 0 Å². The number of amides is 1. The Balaban J connectivity index is 2.35. The number of nitrogens with zero attached hydrogens (tertiary/aromatic N) is 1. The van der Waals surface area contributed by atoms with Crippen LogP contribution < -0.4 is 0 Å². The number of carbonyl (C=O) groups excluding carboxylic acids is 1. The zero-order chi connectivity index (χ0) is 12.4. The summed E-state index contributed by atoms with van der Waals surface area (Å²) in [5, 5.41) is 2.48. The zero-order valence-electron chi connectivity index (χ0n) is 10.2. The maximum atomic E-state index is 11.6. The minimum Gasteiger partial charge on any atom is -0.339 e. The Kier molecular flexibility index (Phi) is 3.38. The molecule has 3 heteroatoms. The van der Waals surface area contributed by atoms with Gasteiger partial charge in [-0.2, -0.15) is 0 Å². The first-order chi connectivity index (χ1) is 8.08. The SMILES string of the molecule is Cc1cccc2cc(SC(=O)N(C)C)ccc12. The predicted molar refractivity (Wildman–Crippen MR) is 73.6 cm³/mol. The fourth-order valence-electron chi connectivity index (χ4n) is 1.68. The summed E-state index contributed by atoms with van der Waals surface area (Å²) in [6.45, 7) is 2.10. The van der Waals surface area contributed by atoms with Crippen LogP contribution in [-0.2, 0) is 0 Å². The minimum atomic E-state index is 0.0528. The van der Waals surface area contributed by atoms with E-state index >= 15 is 0 Å². The summed E-state index contributed by atoms with van der Waals surface area (Å²) >= 11 is 1.26. The van der Waals surface area contributed by atoms with Gasteiger partial charge in [-0.1, -0.05) is 24.3 Å². The van der Waals surface area contributed by atoms with Crippen molar-refractivity contribution in [1.29, 1.82) is 0 Å². The van der Waals surface area contributed by atoms with Crippen molar-refractivity contribution in [2.75, 3.05) is 14.1 Å². The lowest BCUT2D eigenvalue weighted by molar-refractivity contribution is 0.241. The van der Waals surface area contributed by atoms with Gasteiger partial charge < -0.3 is 4.90 Å². The van der Waals surface area contributed by atoms with E-state index in [1.807, 2.05) is 12.1 Å². The number of aryl methyl sites for hydroxylation is 1. The molecule has 0 saturated heterocycles. The van der Waals surface area contributed by atoms with Crippen molar-refractivity contribution in [3.05, 3.63) is 42.0 Å². The highest BCUT2D eigenvalue weighted by atomic mass is 32.2. The third-order valence-corrected chi connectivity index (χ3v) is 3.67. The Labute approximate surface area is 106 Å². The average molecular weight is 245 g/mol. The van der Waals surface area contributed by atoms with Crippen LogP contribution in [0, 0.1) is 6.92 Å². The molecule has 1 amide bonds. The molecule has 2 rings (SSSR count). The summed E-state index contributed by atoms with van der Waals surface area (Å²) in [6, 6.07) is 12.4. The van der Waals surface area contributed by atoms with Gasteiger partial charge in [0.1, 0.15) is 0 Å². The van der Waals surface area contributed by atoms with Gasteiger partial charge in [-0.05, 0) is 47.2 Å². The first-order valence-electron chi connectivity index (χ1n) is 5.46. The Morgan fingerprint density at radius 2 is 1.94 bits per heavy atom. The standard InChI is InChI=1S/C14H15NOS/c1-10-5-4-6-11-9-12(7-8-13(10)11)17-14(16)15(2)3/h4-9H,1-3H3. The maximum Gasteiger partial charge on any atom is 0.285 e. The molecule has 0 bridgehead atoms. The van der Waals surface area contributed by atoms with Gasteiger partial charge in [0.25, 0.3) is 5.24 Å². The lowest BCUT2D eigenvalue weighted by Crippen LogP contribution is -2.15. The van der Waals surface area contributed by atoms with Crippen molar-refractivity contribution in [3.63, 3.8) is 0 Å². The summed E-state index contributed by atoms with van der Waals surface area (Å²) in [5.41, 5.74) is 1.26. The fraction of sp³-hybridized carbons (Fsp3) is 0.214. The third kappa shape index (κ3) is 2.61. The Morgan fingerprint density at radius 3 is 2.65 bits per heavy atom. The molecule has 0 fully saturated rings. The first kappa shape index (κ1) is 12.0. The topological polar surface area (TPSA) is 20.3 Å². The molecule has 0 N–H and O–H groups in total. The quantitative estimate of drug-likeness (QED) is 0.710. The van der Waals surface area contributed by atoms with E-state index in [1.54, 1.807) is 19.0 Å². The third-order valence-electron chi connectivity index (χ3n) is 2.64. The molecule has 0 heterocycles. The molecule has 2 nitrogen and oxygen atoms in total. The van der Waals surface area contributed by atoms with E-state index < -0.39 is 0 Å². The Hall–Kier alpha value is -1.48. The monoisotopic (exact) mass is 245 g/mol. The number of benzene rings is 2. The molecule has 0 saturated carbocycles. The van der Waals surface area contributed by atoms with Crippen LogP contribution >= 0.6 is 11.8 Å². The summed E-state index contributed by atoms with van der Waals surface area (Å²) in [7, 11) is 3.53. The van der Waals surface area contributed by atoms with Crippen molar-refractivity contribution in [2.45, 2.75) is 11.8 Å². The highest BCUT2D eigenvalue weighted by Crippen LogP contribution is 2.26. The van der Waals surface area contributed by atoms with Crippen LogP contribution in [0.4, 0.5) is 4.79 Å². The van der Waals surface area contributed by atoms with Gasteiger partial charge in [-0.25, -0.2) is 0 Å². The van der Waals surface area contributed by atoms with E-state index in [0.29, 0.717) is 0 Å². The predicted octanol–water partition coefficient (Wildman–Crippen LogP) is 3.92.